The largest absolute Gasteiger partial charge is 0.481 e. The highest BCUT2D eigenvalue weighted by atomic mass is 16.4. The van der Waals surface area contributed by atoms with Crippen LogP contribution in [-0.2, 0) is 27.3 Å². The second-order valence-electron chi connectivity index (χ2n) is 8.52. The zero-order valence-electron chi connectivity index (χ0n) is 17.9. The third kappa shape index (κ3) is 4.17. The van der Waals surface area contributed by atoms with E-state index in [4.69, 9.17) is 0 Å². The van der Waals surface area contributed by atoms with Gasteiger partial charge in [-0.25, -0.2) is 0 Å². The Bertz CT molecular complexity index is 1050. The van der Waals surface area contributed by atoms with Gasteiger partial charge >= 0.3 is 5.97 Å². The number of amides is 2. The Morgan fingerprint density at radius 1 is 1.19 bits per heavy atom. The normalized spacial score (nSPS) is 22.9. The highest BCUT2D eigenvalue weighted by Gasteiger charge is 2.42. The van der Waals surface area contributed by atoms with Crippen molar-refractivity contribution in [2.75, 3.05) is 0 Å². The number of rotatable bonds is 6. The van der Waals surface area contributed by atoms with Crippen molar-refractivity contribution >= 4 is 23.6 Å². The van der Waals surface area contributed by atoms with Gasteiger partial charge in [0.05, 0.1) is 11.8 Å². The summed E-state index contributed by atoms with van der Waals surface area (Å²) in [6.45, 7) is 2.06. The van der Waals surface area contributed by atoms with Crippen molar-refractivity contribution in [2.24, 2.45) is 5.92 Å². The van der Waals surface area contributed by atoms with Crippen LogP contribution in [0.15, 0.2) is 42.6 Å². The molecule has 0 saturated heterocycles. The monoisotopic (exact) mass is 437 g/mol. The molecule has 0 spiro atoms. The molecule has 0 saturated carbocycles. The first-order valence-electron chi connectivity index (χ1n) is 11.0. The maximum absolute atomic E-state index is 13.1. The summed E-state index contributed by atoms with van der Waals surface area (Å²) < 4.78 is 1.86. The summed E-state index contributed by atoms with van der Waals surface area (Å²) >= 11 is 0. The first-order valence-corrected chi connectivity index (χ1v) is 11.0. The zero-order valence-corrected chi connectivity index (χ0v) is 17.9. The fraction of sp³-hybridized carbons (Fsp3) is 0.417. The Morgan fingerprint density at radius 3 is 2.62 bits per heavy atom. The van der Waals surface area contributed by atoms with Crippen LogP contribution >= 0.6 is 0 Å². The van der Waals surface area contributed by atoms with Gasteiger partial charge in [0.2, 0.25) is 5.91 Å². The molecule has 8 heteroatoms. The number of nitrogens with one attached hydrogen (secondary N) is 2. The molecule has 0 radical (unpaired) electrons. The number of hydrogen-bond acceptors (Lipinski definition) is 4. The van der Waals surface area contributed by atoms with Crippen molar-refractivity contribution in [1.82, 2.24) is 15.2 Å². The number of benzene rings is 1. The molecule has 4 rings (SSSR count). The standard InChI is InChI=1S/C24H27N3O5/c1-2-17(25-22(29)15-6-4-3-5-7-15)23(30)26-18-9-8-14-10-11-27-13-16(24(31)32)12-19(28)20(18)21(14)27/h3-7,10-11,16-18,20H,2,8-9,12-13H2,1H3,(H,25,29)(H,26,30)(H,31,32)/t16-,17?,18-,20?/m0/s1. The van der Waals surface area contributed by atoms with Gasteiger partial charge in [-0.1, -0.05) is 25.1 Å². The van der Waals surface area contributed by atoms with Crippen LogP contribution in [0.3, 0.4) is 0 Å². The van der Waals surface area contributed by atoms with Gasteiger partial charge in [0.1, 0.15) is 11.8 Å². The molecule has 4 atom stereocenters. The molecule has 8 nitrogen and oxygen atoms in total. The van der Waals surface area contributed by atoms with E-state index in [9.17, 15) is 24.3 Å². The van der Waals surface area contributed by atoms with Crippen molar-refractivity contribution in [2.45, 2.75) is 57.2 Å². The Kier molecular flexibility index (Phi) is 6.12. The van der Waals surface area contributed by atoms with Crippen molar-refractivity contribution in [3.63, 3.8) is 0 Å². The number of aryl methyl sites for hydroxylation is 1. The lowest BCUT2D eigenvalue weighted by atomic mass is 9.79. The van der Waals surface area contributed by atoms with E-state index < -0.39 is 29.9 Å². The van der Waals surface area contributed by atoms with Crippen molar-refractivity contribution in [3.05, 3.63) is 59.4 Å². The molecule has 1 aliphatic carbocycles. The van der Waals surface area contributed by atoms with E-state index in [2.05, 4.69) is 10.6 Å². The average molecular weight is 437 g/mol. The highest BCUT2D eigenvalue weighted by Crippen LogP contribution is 2.38. The van der Waals surface area contributed by atoms with Gasteiger partial charge in [-0.2, -0.15) is 0 Å². The van der Waals surface area contributed by atoms with Gasteiger partial charge < -0.3 is 20.3 Å². The number of nitrogens with zero attached hydrogens (tertiary/aromatic N) is 1. The summed E-state index contributed by atoms with van der Waals surface area (Å²) in [7, 11) is 0. The lowest BCUT2D eigenvalue weighted by Crippen LogP contribution is -2.52. The molecule has 1 aromatic heterocycles. The topological polar surface area (TPSA) is 118 Å². The Balaban J connectivity index is 1.52. The van der Waals surface area contributed by atoms with E-state index in [1.165, 1.54) is 0 Å². The number of carboxylic acid groups (broad SMARTS) is 1. The number of hydrogen-bond donors (Lipinski definition) is 3. The van der Waals surface area contributed by atoms with Gasteiger partial charge in [-0.05, 0) is 43.0 Å². The van der Waals surface area contributed by atoms with Crippen LogP contribution in [0, 0.1) is 5.92 Å². The van der Waals surface area contributed by atoms with Gasteiger partial charge in [0.15, 0.2) is 0 Å². The number of aromatic nitrogens is 1. The van der Waals surface area contributed by atoms with Gasteiger partial charge in [-0.15, -0.1) is 0 Å². The molecule has 2 heterocycles. The molecule has 1 aliphatic heterocycles. The maximum Gasteiger partial charge on any atom is 0.308 e. The fourth-order valence-corrected chi connectivity index (χ4v) is 4.78. The van der Waals surface area contributed by atoms with Crippen LogP contribution < -0.4 is 10.6 Å². The van der Waals surface area contributed by atoms with Crippen LogP contribution in [0.25, 0.3) is 0 Å². The van der Waals surface area contributed by atoms with Gasteiger partial charge in [-0.3, -0.25) is 19.2 Å². The number of carboxylic acids is 1. The number of carbonyl (C=O) groups excluding carboxylic acids is 3. The predicted octanol–water partition coefficient (Wildman–Crippen LogP) is 1.88. The lowest BCUT2D eigenvalue weighted by Gasteiger charge is -2.33. The summed E-state index contributed by atoms with van der Waals surface area (Å²) in [6, 6.07) is 9.45. The minimum atomic E-state index is -0.991. The first-order chi connectivity index (χ1) is 15.4. The third-order valence-corrected chi connectivity index (χ3v) is 6.47. The maximum atomic E-state index is 13.1. The highest BCUT2D eigenvalue weighted by molar-refractivity contribution is 5.98. The SMILES string of the molecule is CCC(NC(=O)c1ccccc1)C(=O)N[C@H]1CCc2ccn3c2C1C(=O)C[C@H](C(=O)O)C3. The summed E-state index contributed by atoms with van der Waals surface area (Å²) in [5.41, 5.74) is 2.32. The van der Waals surface area contributed by atoms with Crippen LogP contribution in [-0.4, -0.2) is 45.3 Å². The number of ketones is 1. The molecule has 1 aromatic carbocycles. The lowest BCUT2D eigenvalue weighted by molar-refractivity contribution is -0.144. The fourth-order valence-electron chi connectivity index (χ4n) is 4.78. The van der Waals surface area contributed by atoms with Crippen molar-refractivity contribution < 1.29 is 24.3 Å². The van der Waals surface area contributed by atoms with E-state index in [1.807, 2.05) is 29.8 Å². The first kappa shape index (κ1) is 21.8. The van der Waals surface area contributed by atoms with E-state index in [0.717, 1.165) is 11.3 Å². The van der Waals surface area contributed by atoms with Crippen LogP contribution in [0.2, 0.25) is 0 Å². The van der Waals surface area contributed by atoms with Gasteiger partial charge in [0.25, 0.3) is 5.91 Å². The van der Waals surface area contributed by atoms with Crippen LogP contribution in [0.4, 0.5) is 0 Å². The summed E-state index contributed by atoms with van der Waals surface area (Å²) in [4.78, 5) is 50.3. The second-order valence-corrected chi connectivity index (χ2v) is 8.52. The number of Topliss-reactive ketones (excluding diaryl/α,β-unsaturated/α-hetero) is 1. The summed E-state index contributed by atoms with van der Waals surface area (Å²) in [5.74, 6) is -3.19. The van der Waals surface area contributed by atoms with Crippen LogP contribution in [0.5, 0.6) is 0 Å². The second kappa shape index (κ2) is 8.98. The molecule has 2 aliphatic rings. The minimum absolute atomic E-state index is 0.0601. The average Bonchev–Trinajstić information content (AvgIpc) is 3.12. The quantitative estimate of drug-likeness (QED) is 0.638. The van der Waals surface area contributed by atoms with E-state index >= 15 is 0 Å². The Hall–Kier alpha value is -3.42. The van der Waals surface area contributed by atoms with Gasteiger partial charge in [0, 0.05) is 36.5 Å². The summed E-state index contributed by atoms with van der Waals surface area (Å²) in [5, 5.41) is 15.3. The summed E-state index contributed by atoms with van der Waals surface area (Å²) in [6.07, 6.45) is 3.46. The molecule has 32 heavy (non-hydrogen) atoms. The molecule has 168 valence electrons. The number of aliphatic carboxylic acids is 1. The predicted molar refractivity (Wildman–Crippen MR) is 116 cm³/mol. The Labute approximate surface area is 186 Å². The smallest absolute Gasteiger partial charge is 0.308 e. The van der Waals surface area contributed by atoms with E-state index in [0.29, 0.717) is 24.8 Å². The third-order valence-electron chi connectivity index (χ3n) is 6.47. The Morgan fingerprint density at radius 2 is 1.94 bits per heavy atom. The molecule has 0 fully saturated rings. The molecule has 2 aromatic rings. The zero-order chi connectivity index (χ0) is 22.8. The minimum Gasteiger partial charge on any atom is -0.481 e. The molecule has 2 amide bonds. The number of carbonyl (C=O) groups is 4. The molecular weight excluding hydrogens is 410 g/mol. The van der Waals surface area contributed by atoms with Crippen LogP contribution in [0.1, 0.15) is 53.7 Å². The van der Waals surface area contributed by atoms with E-state index in [-0.39, 0.29) is 30.6 Å². The molecular formula is C24H27N3O5. The molecule has 3 N–H and O–H groups in total. The van der Waals surface area contributed by atoms with Crippen molar-refractivity contribution in [1.29, 1.82) is 0 Å². The molecule has 2 unspecified atom stereocenters. The molecule has 0 bridgehead atoms. The van der Waals surface area contributed by atoms with E-state index in [1.54, 1.807) is 24.3 Å². The van der Waals surface area contributed by atoms with Crippen molar-refractivity contribution in [3.8, 4) is 0 Å².